The largest absolute Gasteiger partial charge is 0.398 e. The molecule has 1 unspecified atom stereocenters. The van der Waals surface area contributed by atoms with E-state index in [2.05, 4.69) is 31.0 Å². The number of aliphatic hydroxyl groups is 1. The van der Waals surface area contributed by atoms with E-state index in [1.165, 1.54) is 11.1 Å². The van der Waals surface area contributed by atoms with Gasteiger partial charge in [-0.25, -0.2) is 4.98 Å². The van der Waals surface area contributed by atoms with Crippen molar-refractivity contribution < 1.29 is 5.11 Å². The second-order valence-corrected chi connectivity index (χ2v) is 5.47. The number of imidazole rings is 1. The van der Waals surface area contributed by atoms with Crippen LogP contribution in [0.4, 0.5) is 5.69 Å². The highest BCUT2D eigenvalue weighted by Gasteiger charge is 2.13. The Balaban J connectivity index is 1.95. The van der Waals surface area contributed by atoms with Crippen LogP contribution in [0.15, 0.2) is 42.7 Å². The summed E-state index contributed by atoms with van der Waals surface area (Å²) in [4.78, 5) is 4.41. The molecule has 1 aromatic heterocycles. The quantitative estimate of drug-likeness (QED) is 0.725. The molecule has 0 aliphatic rings. The van der Waals surface area contributed by atoms with Crippen molar-refractivity contribution in [3.8, 4) is 0 Å². The fraction of sp³-hybridized carbons (Fsp3) is 0.235. The summed E-state index contributed by atoms with van der Waals surface area (Å²) in [5, 5.41) is 10.4. The van der Waals surface area contributed by atoms with Crippen molar-refractivity contribution in [2.24, 2.45) is 0 Å². The first-order valence-electron chi connectivity index (χ1n) is 7.01. The molecule has 0 fully saturated rings. The summed E-state index contributed by atoms with van der Waals surface area (Å²) in [6.07, 6.45) is 1.12. The standard InChI is InChI=1S/C17H19N3O/c1-11-7-15-16(8-12(11)2)20(10-19-15)9-17(21)13-5-3-4-6-14(13)18/h3-8,10,17,21H,9,18H2,1-2H3. The van der Waals surface area contributed by atoms with Gasteiger partial charge in [-0.2, -0.15) is 0 Å². The minimum atomic E-state index is -0.648. The highest BCUT2D eigenvalue weighted by molar-refractivity contribution is 5.77. The maximum atomic E-state index is 10.4. The number of aryl methyl sites for hydroxylation is 2. The highest BCUT2D eigenvalue weighted by Crippen LogP contribution is 2.24. The van der Waals surface area contributed by atoms with Gasteiger partial charge in [-0.05, 0) is 43.2 Å². The minimum absolute atomic E-state index is 0.438. The molecule has 4 nitrogen and oxygen atoms in total. The molecular weight excluding hydrogens is 262 g/mol. The molecule has 0 spiro atoms. The Morgan fingerprint density at radius 3 is 2.67 bits per heavy atom. The predicted molar refractivity (Wildman–Crippen MR) is 85.0 cm³/mol. The zero-order chi connectivity index (χ0) is 15.0. The smallest absolute Gasteiger partial charge is 0.0989 e. The van der Waals surface area contributed by atoms with Crippen LogP contribution in [0.25, 0.3) is 11.0 Å². The normalized spacial score (nSPS) is 12.7. The second kappa shape index (κ2) is 5.22. The zero-order valence-corrected chi connectivity index (χ0v) is 12.2. The molecular formula is C17H19N3O. The van der Waals surface area contributed by atoms with Crippen molar-refractivity contribution in [2.75, 3.05) is 5.73 Å². The van der Waals surface area contributed by atoms with Crippen molar-refractivity contribution >= 4 is 16.7 Å². The maximum Gasteiger partial charge on any atom is 0.0989 e. The van der Waals surface area contributed by atoms with E-state index in [-0.39, 0.29) is 0 Å². The molecule has 0 saturated heterocycles. The number of rotatable bonds is 3. The van der Waals surface area contributed by atoms with E-state index < -0.39 is 6.10 Å². The van der Waals surface area contributed by atoms with Gasteiger partial charge in [-0.3, -0.25) is 0 Å². The van der Waals surface area contributed by atoms with Crippen LogP contribution >= 0.6 is 0 Å². The average Bonchev–Trinajstić information content (AvgIpc) is 2.82. The first-order valence-corrected chi connectivity index (χ1v) is 7.01. The van der Waals surface area contributed by atoms with Gasteiger partial charge in [-0.1, -0.05) is 18.2 Å². The Kier molecular flexibility index (Phi) is 3.39. The fourth-order valence-corrected chi connectivity index (χ4v) is 2.56. The van der Waals surface area contributed by atoms with Crippen molar-refractivity contribution in [2.45, 2.75) is 26.5 Å². The lowest BCUT2D eigenvalue weighted by atomic mass is 10.1. The number of fused-ring (bicyclic) bond motifs is 1. The number of aliphatic hydroxyl groups excluding tert-OH is 1. The number of anilines is 1. The monoisotopic (exact) mass is 281 g/mol. The molecule has 1 atom stereocenters. The first-order chi connectivity index (χ1) is 10.1. The van der Waals surface area contributed by atoms with Gasteiger partial charge in [0.05, 0.1) is 30.0 Å². The van der Waals surface area contributed by atoms with Crippen LogP contribution < -0.4 is 5.73 Å². The molecule has 1 heterocycles. The number of aromatic nitrogens is 2. The summed E-state index contributed by atoms with van der Waals surface area (Å²) >= 11 is 0. The molecule has 0 bridgehead atoms. The van der Waals surface area contributed by atoms with E-state index in [1.54, 1.807) is 12.4 Å². The Morgan fingerprint density at radius 1 is 1.19 bits per heavy atom. The number of nitrogen functional groups attached to an aromatic ring is 1. The summed E-state index contributed by atoms with van der Waals surface area (Å²) in [7, 11) is 0. The van der Waals surface area contributed by atoms with Gasteiger partial charge in [-0.15, -0.1) is 0 Å². The van der Waals surface area contributed by atoms with Gasteiger partial charge in [0.2, 0.25) is 0 Å². The molecule has 3 aromatic rings. The van der Waals surface area contributed by atoms with E-state index in [0.717, 1.165) is 16.6 Å². The lowest BCUT2D eigenvalue weighted by Gasteiger charge is -2.14. The molecule has 21 heavy (non-hydrogen) atoms. The summed E-state index contributed by atoms with van der Waals surface area (Å²) in [5.41, 5.74) is 11.7. The first kappa shape index (κ1) is 13.6. The van der Waals surface area contributed by atoms with Crippen LogP contribution in [0.5, 0.6) is 0 Å². The van der Waals surface area contributed by atoms with E-state index in [1.807, 2.05) is 22.8 Å². The lowest BCUT2D eigenvalue weighted by Crippen LogP contribution is -2.10. The van der Waals surface area contributed by atoms with Crippen LogP contribution in [0.3, 0.4) is 0 Å². The van der Waals surface area contributed by atoms with Crippen molar-refractivity contribution in [1.29, 1.82) is 0 Å². The lowest BCUT2D eigenvalue weighted by molar-refractivity contribution is 0.158. The minimum Gasteiger partial charge on any atom is -0.398 e. The molecule has 4 heteroatoms. The summed E-state index contributed by atoms with van der Waals surface area (Å²) in [5.74, 6) is 0. The van der Waals surface area contributed by atoms with E-state index in [0.29, 0.717) is 12.2 Å². The number of nitrogens with zero attached hydrogens (tertiary/aromatic N) is 2. The van der Waals surface area contributed by atoms with Crippen LogP contribution in [0.2, 0.25) is 0 Å². The fourth-order valence-electron chi connectivity index (χ4n) is 2.56. The molecule has 0 saturated carbocycles. The Bertz CT molecular complexity index is 792. The van der Waals surface area contributed by atoms with Gasteiger partial charge in [0, 0.05) is 11.3 Å². The summed E-state index contributed by atoms with van der Waals surface area (Å²) < 4.78 is 1.97. The van der Waals surface area contributed by atoms with Gasteiger partial charge >= 0.3 is 0 Å². The summed E-state index contributed by atoms with van der Waals surface area (Å²) in [6, 6.07) is 11.6. The Morgan fingerprint density at radius 2 is 1.90 bits per heavy atom. The van der Waals surface area contributed by atoms with Crippen LogP contribution in [0.1, 0.15) is 22.8 Å². The molecule has 108 valence electrons. The SMILES string of the molecule is Cc1cc2ncn(CC(O)c3ccccc3N)c2cc1C. The van der Waals surface area contributed by atoms with Crippen molar-refractivity contribution in [3.63, 3.8) is 0 Å². The Hall–Kier alpha value is -2.33. The van der Waals surface area contributed by atoms with Gasteiger partial charge in [0.1, 0.15) is 0 Å². The third kappa shape index (κ3) is 2.50. The van der Waals surface area contributed by atoms with E-state index in [4.69, 9.17) is 5.73 Å². The average molecular weight is 281 g/mol. The third-order valence-corrected chi connectivity index (χ3v) is 3.96. The molecule has 0 amide bonds. The maximum absolute atomic E-state index is 10.4. The molecule has 0 aliphatic carbocycles. The molecule has 3 rings (SSSR count). The van der Waals surface area contributed by atoms with Gasteiger partial charge in [0.15, 0.2) is 0 Å². The molecule has 2 aromatic carbocycles. The van der Waals surface area contributed by atoms with E-state index in [9.17, 15) is 5.11 Å². The molecule has 3 N–H and O–H groups in total. The number of hydrogen-bond donors (Lipinski definition) is 2. The molecule has 0 aliphatic heterocycles. The van der Waals surface area contributed by atoms with Crippen LogP contribution in [-0.2, 0) is 6.54 Å². The van der Waals surface area contributed by atoms with E-state index >= 15 is 0 Å². The van der Waals surface area contributed by atoms with Crippen LogP contribution in [-0.4, -0.2) is 14.7 Å². The van der Waals surface area contributed by atoms with Gasteiger partial charge in [0.25, 0.3) is 0 Å². The summed E-state index contributed by atoms with van der Waals surface area (Å²) in [6.45, 7) is 4.60. The number of nitrogens with two attached hydrogens (primary N) is 1. The number of benzene rings is 2. The zero-order valence-electron chi connectivity index (χ0n) is 12.2. The number of para-hydroxylation sites is 1. The third-order valence-electron chi connectivity index (χ3n) is 3.96. The second-order valence-electron chi connectivity index (χ2n) is 5.47. The van der Waals surface area contributed by atoms with Crippen molar-refractivity contribution in [1.82, 2.24) is 9.55 Å². The number of hydrogen-bond acceptors (Lipinski definition) is 3. The van der Waals surface area contributed by atoms with Crippen LogP contribution in [0, 0.1) is 13.8 Å². The predicted octanol–water partition coefficient (Wildman–Crippen LogP) is 2.97. The Labute approximate surface area is 123 Å². The molecule has 0 radical (unpaired) electrons. The van der Waals surface area contributed by atoms with Crippen molar-refractivity contribution in [3.05, 3.63) is 59.4 Å². The highest BCUT2D eigenvalue weighted by atomic mass is 16.3. The van der Waals surface area contributed by atoms with Gasteiger partial charge < -0.3 is 15.4 Å². The topological polar surface area (TPSA) is 64.1 Å².